The second kappa shape index (κ2) is 3.87. The van der Waals surface area contributed by atoms with Gasteiger partial charge in [0.15, 0.2) is 0 Å². The highest BCUT2D eigenvalue weighted by atomic mass is 32.1. The van der Waals surface area contributed by atoms with Crippen molar-refractivity contribution in [1.82, 2.24) is 0 Å². The highest BCUT2D eigenvalue weighted by molar-refractivity contribution is 7.79. The van der Waals surface area contributed by atoms with Crippen molar-refractivity contribution < 1.29 is 0 Å². The van der Waals surface area contributed by atoms with E-state index in [0.717, 1.165) is 6.42 Å². The molecular formula is C4H8N2S. The fraction of sp³-hybridized carbons (Fsp3) is 0.500. The van der Waals surface area contributed by atoms with Crippen LogP contribution in [0.4, 0.5) is 0 Å². The van der Waals surface area contributed by atoms with Gasteiger partial charge in [-0.3, -0.25) is 0 Å². The summed E-state index contributed by atoms with van der Waals surface area (Å²) in [5, 5.41) is 6.94. The molecule has 1 N–H and O–H groups in total. The van der Waals surface area contributed by atoms with E-state index >= 15 is 0 Å². The number of hydrogen-bond acceptors (Lipinski definition) is 3. The molecule has 0 fully saturated rings. The zero-order chi connectivity index (χ0) is 5.70. The SMILES string of the molecule is CCC(=N)/C=N\S. The first-order valence-electron chi connectivity index (χ1n) is 2.06. The molecule has 0 radical (unpaired) electrons. The van der Waals surface area contributed by atoms with E-state index in [9.17, 15) is 0 Å². The molecule has 3 heteroatoms. The monoisotopic (exact) mass is 116 g/mol. The summed E-state index contributed by atoms with van der Waals surface area (Å²) < 4.78 is 3.35. The summed E-state index contributed by atoms with van der Waals surface area (Å²) in [4.78, 5) is 0. The summed E-state index contributed by atoms with van der Waals surface area (Å²) >= 11 is 3.54. The minimum Gasteiger partial charge on any atom is -0.304 e. The van der Waals surface area contributed by atoms with Gasteiger partial charge in [0.25, 0.3) is 0 Å². The third-order valence-electron chi connectivity index (χ3n) is 0.594. The van der Waals surface area contributed by atoms with Crippen molar-refractivity contribution in [2.45, 2.75) is 13.3 Å². The van der Waals surface area contributed by atoms with Crippen LogP contribution in [0.5, 0.6) is 0 Å². The van der Waals surface area contributed by atoms with Crippen LogP contribution in [-0.4, -0.2) is 11.9 Å². The van der Waals surface area contributed by atoms with Crippen LogP contribution in [0.15, 0.2) is 4.40 Å². The van der Waals surface area contributed by atoms with Gasteiger partial charge in [-0.05, 0) is 19.2 Å². The van der Waals surface area contributed by atoms with Crippen LogP contribution in [0.1, 0.15) is 13.3 Å². The van der Waals surface area contributed by atoms with Crippen molar-refractivity contribution in [3.05, 3.63) is 0 Å². The van der Waals surface area contributed by atoms with Crippen LogP contribution >= 0.6 is 12.8 Å². The molecule has 0 heterocycles. The fourth-order valence-electron chi connectivity index (χ4n) is 0.161. The summed E-state index contributed by atoms with van der Waals surface area (Å²) in [5.74, 6) is 0. The zero-order valence-electron chi connectivity index (χ0n) is 4.18. The summed E-state index contributed by atoms with van der Waals surface area (Å²) in [6.45, 7) is 1.90. The Morgan fingerprint density at radius 2 is 2.57 bits per heavy atom. The first-order chi connectivity index (χ1) is 3.31. The van der Waals surface area contributed by atoms with Gasteiger partial charge in [0.05, 0.1) is 6.21 Å². The van der Waals surface area contributed by atoms with Crippen molar-refractivity contribution in [3.8, 4) is 0 Å². The van der Waals surface area contributed by atoms with Gasteiger partial charge in [-0.2, -0.15) is 0 Å². The Labute approximate surface area is 48.7 Å². The predicted octanol–water partition coefficient (Wildman–Crippen LogP) is 1.33. The van der Waals surface area contributed by atoms with E-state index in [0.29, 0.717) is 5.71 Å². The van der Waals surface area contributed by atoms with E-state index in [1.165, 1.54) is 6.21 Å². The molecule has 0 bridgehead atoms. The Balaban J connectivity index is 3.37. The Morgan fingerprint density at radius 1 is 2.00 bits per heavy atom. The average molecular weight is 116 g/mol. The smallest absolute Gasteiger partial charge is 0.0556 e. The molecular weight excluding hydrogens is 108 g/mol. The van der Waals surface area contributed by atoms with Crippen molar-refractivity contribution in [3.63, 3.8) is 0 Å². The lowest BCUT2D eigenvalue weighted by molar-refractivity contribution is 1.27. The minimum absolute atomic E-state index is 0.509. The Hall–Kier alpha value is -0.310. The van der Waals surface area contributed by atoms with Crippen LogP contribution in [0.25, 0.3) is 0 Å². The van der Waals surface area contributed by atoms with E-state index in [4.69, 9.17) is 5.41 Å². The molecule has 0 aromatic rings. The number of rotatable bonds is 2. The van der Waals surface area contributed by atoms with Gasteiger partial charge >= 0.3 is 0 Å². The molecule has 0 aromatic heterocycles. The second-order valence-electron chi connectivity index (χ2n) is 1.12. The standard InChI is InChI=1S/C4H8N2S/c1-2-4(5)3-6-7/h3,5,7H,2H2,1H3/b5-4?,6-3-. The maximum Gasteiger partial charge on any atom is 0.0556 e. The third kappa shape index (κ3) is 3.52. The summed E-state index contributed by atoms with van der Waals surface area (Å²) in [6.07, 6.45) is 2.15. The molecule has 0 spiro atoms. The molecule has 40 valence electrons. The molecule has 0 aliphatic heterocycles. The fourth-order valence-corrected chi connectivity index (χ4v) is 0.300. The lowest BCUT2D eigenvalue weighted by Gasteiger charge is -1.81. The third-order valence-corrected chi connectivity index (χ3v) is 0.710. The van der Waals surface area contributed by atoms with Crippen molar-refractivity contribution in [1.29, 1.82) is 5.41 Å². The van der Waals surface area contributed by atoms with Gasteiger partial charge in [-0.1, -0.05) is 6.92 Å². The normalized spacial score (nSPS) is 10.0. The molecule has 0 rings (SSSR count). The molecule has 0 aromatic carbocycles. The van der Waals surface area contributed by atoms with Gasteiger partial charge < -0.3 is 5.41 Å². The second-order valence-corrected chi connectivity index (χ2v) is 1.35. The van der Waals surface area contributed by atoms with E-state index in [2.05, 4.69) is 17.2 Å². The molecule has 7 heavy (non-hydrogen) atoms. The maximum absolute atomic E-state index is 6.94. The Bertz CT molecular complexity index is 87.7. The molecule has 2 nitrogen and oxygen atoms in total. The molecule has 0 aliphatic carbocycles. The largest absolute Gasteiger partial charge is 0.304 e. The number of thiol groups is 1. The molecule has 0 saturated heterocycles. The van der Waals surface area contributed by atoms with Crippen LogP contribution in [-0.2, 0) is 0 Å². The van der Waals surface area contributed by atoms with E-state index in [1.807, 2.05) is 6.92 Å². The van der Waals surface area contributed by atoms with Crippen LogP contribution in [0, 0.1) is 5.41 Å². The average Bonchev–Trinajstić information content (AvgIpc) is 1.68. The van der Waals surface area contributed by atoms with Gasteiger partial charge in [0.1, 0.15) is 0 Å². The van der Waals surface area contributed by atoms with Gasteiger partial charge in [-0.25, -0.2) is 4.40 Å². The topological polar surface area (TPSA) is 36.2 Å². The van der Waals surface area contributed by atoms with E-state index in [1.54, 1.807) is 0 Å². The van der Waals surface area contributed by atoms with Crippen LogP contribution in [0.2, 0.25) is 0 Å². The minimum atomic E-state index is 0.509. The number of hydrogen-bond donors (Lipinski definition) is 2. The Morgan fingerprint density at radius 3 is 2.71 bits per heavy atom. The van der Waals surface area contributed by atoms with E-state index in [-0.39, 0.29) is 0 Å². The molecule has 0 saturated carbocycles. The summed E-state index contributed by atoms with van der Waals surface area (Å²) in [7, 11) is 0. The lowest BCUT2D eigenvalue weighted by Crippen LogP contribution is -1.91. The first-order valence-corrected chi connectivity index (χ1v) is 2.46. The van der Waals surface area contributed by atoms with Crippen molar-refractivity contribution >= 4 is 24.7 Å². The summed E-state index contributed by atoms with van der Waals surface area (Å²) in [6, 6.07) is 0. The van der Waals surface area contributed by atoms with Crippen LogP contribution in [0.3, 0.4) is 0 Å². The molecule has 0 unspecified atom stereocenters. The van der Waals surface area contributed by atoms with Gasteiger partial charge in [0.2, 0.25) is 0 Å². The molecule has 0 aliphatic rings. The zero-order valence-corrected chi connectivity index (χ0v) is 5.07. The highest BCUT2D eigenvalue weighted by Crippen LogP contribution is 1.77. The molecule has 0 amide bonds. The number of nitrogens with one attached hydrogen (secondary N) is 1. The van der Waals surface area contributed by atoms with Gasteiger partial charge in [-0.15, -0.1) is 0 Å². The van der Waals surface area contributed by atoms with Crippen LogP contribution < -0.4 is 0 Å². The number of nitrogens with zero attached hydrogens (tertiary/aromatic N) is 1. The van der Waals surface area contributed by atoms with Crippen molar-refractivity contribution in [2.75, 3.05) is 0 Å². The van der Waals surface area contributed by atoms with Gasteiger partial charge in [0, 0.05) is 5.71 Å². The Kier molecular flexibility index (Phi) is 3.69. The maximum atomic E-state index is 6.94. The first kappa shape index (κ1) is 6.69. The lowest BCUT2D eigenvalue weighted by atomic mass is 10.3. The predicted molar refractivity (Wildman–Crippen MR) is 35.5 cm³/mol. The van der Waals surface area contributed by atoms with Crippen molar-refractivity contribution in [2.24, 2.45) is 4.40 Å². The molecule has 0 atom stereocenters. The highest BCUT2D eigenvalue weighted by Gasteiger charge is 1.80. The quantitative estimate of drug-likeness (QED) is 0.403. The summed E-state index contributed by atoms with van der Waals surface area (Å²) in [5.41, 5.74) is 0.509. The van der Waals surface area contributed by atoms with E-state index < -0.39 is 0 Å².